The number of nitrogens with one attached hydrogen (secondary N) is 2. The van der Waals surface area contributed by atoms with Crippen LogP contribution in [0.25, 0.3) is 0 Å². The summed E-state index contributed by atoms with van der Waals surface area (Å²) in [5.74, 6) is 2.39. The quantitative estimate of drug-likeness (QED) is 0.238. The van der Waals surface area contributed by atoms with Gasteiger partial charge in [0.2, 0.25) is 5.75 Å². The van der Waals surface area contributed by atoms with Crippen LogP contribution < -0.4 is 19.5 Å². The normalized spacial score (nSPS) is 16.1. The molecule has 8 heteroatoms. The van der Waals surface area contributed by atoms with E-state index in [0.29, 0.717) is 44.6 Å². The number of ether oxygens (including phenoxy) is 4. The molecule has 0 saturated carbocycles. The van der Waals surface area contributed by atoms with Gasteiger partial charge in [-0.15, -0.1) is 0 Å². The summed E-state index contributed by atoms with van der Waals surface area (Å²) in [6.45, 7) is 5.34. The molecular formula is C20H22N2O5S. The molecule has 0 amide bonds. The number of carbonyl (C=O) groups excluding carboxylic acids is 1. The maximum atomic E-state index is 12.8. The van der Waals surface area contributed by atoms with Crippen molar-refractivity contribution in [2.24, 2.45) is 0 Å². The van der Waals surface area contributed by atoms with E-state index >= 15 is 0 Å². The van der Waals surface area contributed by atoms with Crippen molar-refractivity contribution < 1.29 is 23.7 Å². The van der Waals surface area contributed by atoms with Gasteiger partial charge in [-0.1, -0.05) is 24.9 Å². The van der Waals surface area contributed by atoms with Crippen LogP contribution in [0.3, 0.4) is 0 Å². The van der Waals surface area contributed by atoms with Crippen molar-refractivity contribution in [3.05, 3.63) is 47.2 Å². The fourth-order valence-corrected chi connectivity index (χ4v) is 3.33. The van der Waals surface area contributed by atoms with E-state index in [9.17, 15) is 4.79 Å². The highest BCUT2D eigenvalue weighted by atomic mass is 32.1. The molecule has 1 aromatic rings. The summed E-state index contributed by atoms with van der Waals surface area (Å²) >= 11 is 5.36. The van der Waals surface area contributed by atoms with Crippen molar-refractivity contribution in [3.8, 4) is 17.2 Å². The molecule has 7 nitrogen and oxygen atoms in total. The number of carbonyl (C=O) groups is 1. The Morgan fingerprint density at radius 1 is 1.29 bits per heavy atom. The number of hydrogen-bond donors (Lipinski definition) is 2. The van der Waals surface area contributed by atoms with E-state index in [0.717, 1.165) is 0 Å². The lowest BCUT2D eigenvalue weighted by Gasteiger charge is -2.29. The third-order valence-electron chi connectivity index (χ3n) is 4.23. The summed E-state index contributed by atoms with van der Waals surface area (Å²) < 4.78 is 21.4. The first-order valence-electron chi connectivity index (χ1n) is 8.33. The first-order chi connectivity index (χ1) is 13.4. The Hall–Kier alpha value is -3.09. The SMILES string of the molecule is C=CCOC(=O)C1=C(C)NC(=S)C(=C=N)C1c1cc(OC)c(OC)c(OC)c1. The van der Waals surface area contributed by atoms with Crippen molar-refractivity contribution in [1.29, 1.82) is 5.41 Å². The lowest BCUT2D eigenvalue weighted by Crippen LogP contribution is -2.35. The predicted octanol–water partition coefficient (Wildman–Crippen LogP) is 2.90. The van der Waals surface area contributed by atoms with Gasteiger partial charge in [0.15, 0.2) is 11.5 Å². The van der Waals surface area contributed by atoms with Crippen LogP contribution in [0, 0.1) is 5.41 Å². The van der Waals surface area contributed by atoms with E-state index in [4.69, 9.17) is 36.6 Å². The van der Waals surface area contributed by atoms with Gasteiger partial charge in [0, 0.05) is 5.70 Å². The van der Waals surface area contributed by atoms with E-state index in [-0.39, 0.29) is 6.61 Å². The molecule has 0 fully saturated rings. The molecule has 148 valence electrons. The molecule has 0 bridgehead atoms. The maximum absolute atomic E-state index is 12.8. The predicted molar refractivity (Wildman–Crippen MR) is 110 cm³/mol. The highest BCUT2D eigenvalue weighted by molar-refractivity contribution is 7.80. The molecule has 1 aromatic carbocycles. The summed E-state index contributed by atoms with van der Waals surface area (Å²) in [5, 5.41) is 10.7. The Kier molecular flexibility index (Phi) is 6.98. The van der Waals surface area contributed by atoms with E-state index in [2.05, 4.69) is 17.8 Å². The molecule has 0 saturated heterocycles. The molecule has 1 aliphatic heterocycles. The Bertz CT molecular complexity index is 875. The van der Waals surface area contributed by atoms with Gasteiger partial charge in [0.05, 0.1) is 38.4 Å². The Balaban J connectivity index is 2.74. The van der Waals surface area contributed by atoms with Gasteiger partial charge >= 0.3 is 5.97 Å². The monoisotopic (exact) mass is 402 g/mol. The van der Waals surface area contributed by atoms with Gasteiger partial charge in [0.25, 0.3) is 0 Å². The standard InChI is InChI=1S/C20H22N2O5S/c1-6-7-27-20(23)16-11(2)22-19(28)13(10-21)17(16)12-8-14(24-3)18(26-5)15(9-12)25-4/h6,8-9,17,21H,1,7H2,2-5H3,(H,22,28). The summed E-state index contributed by atoms with van der Waals surface area (Å²) in [7, 11) is 4.51. The maximum Gasteiger partial charge on any atom is 0.337 e. The van der Waals surface area contributed by atoms with Gasteiger partial charge < -0.3 is 24.3 Å². The van der Waals surface area contributed by atoms with Crippen molar-refractivity contribution in [3.63, 3.8) is 0 Å². The van der Waals surface area contributed by atoms with Crippen molar-refractivity contribution in [2.75, 3.05) is 27.9 Å². The molecule has 1 atom stereocenters. The largest absolute Gasteiger partial charge is 0.493 e. The lowest BCUT2D eigenvalue weighted by atomic mass is 9.81. The van der Waals surface area contributed by atoms with Gasteiger partial charge in [-0.05, 0) is 30.5 Å². The topological polar surface area (TPSA) is 89.9 Å². The fourth-order valence-electron chi connectivity index (χ4n) is 3.01. The average Bonchev–Trinajstić information content (AvgIpc) is 2.70. The Morgan fingerprint density at radius 3 is 2.36 bits per heavy atom. The average molecular weight is 402 g/mol. The zero-order valence-electron chi connectivity index (χ0n) is 16.2. The minimum absolute atomic E-state index is 0.0612. The second-order valence-corrected chi connectivity index (χ2v) is 6.22. The van der Waals surface area contributed by atoms with Crippen LogP contribution in [0.4, 0.5) is 0 Å². The molecule has 0 spiro atoms. The highest BCUT2D eigenvalue weighted by Gasteiger charge is 2.36. The van der Waals surface area contributed by atoms with Crippen molar-refractivity contribution in [1.82, 2.24) is 5.32 Å². The number of thiocarbonyl (C=S) groups is 1. The van der Waals surface area contributed by atoms with E-state index in [1.807, 2.05) is 0 Å². The van der Waals surface area contributed by atoms with Crippen LogP contribution in [-0.4, -0.2) is 44.8 Å². The van der Waals surface area contributed by atoms with Gasteiger partial charge in [-0.25, -0.2) is 4.79 Å². The van der Waals surface area contributed by atoms with E-state index in [1.165, 1.54) is 27.4 Å². The summed E-state index contributed by atoms with van der Waals surface area (Å²) in [6, 6.07) is 3.43. The highest BCUT2D eigenvalue weighted by Crippen LogP contribution is 2.44. The molecular weight excluding hydrogens is 380 g/mol. The third-order valence-corrected chi connectivity index (χ3v) is 4.56. The van der Waals surface area contributed by atoms with Gasteiger partial charge in [0.1, 0.15) is 11.6 Å². The van der Waals surface area contributed by atoms with Crippen molar-refractivity contribution >= 4 is 29.0 Å². The minimum atomic E-state index is -0.683. The smallest absolute Gasteiger partial charge is 0.337 e. The van der Waals surface area contributed by atoms with Crippen LogP contribution in [-0.2, 0) is 9.53 Å². The first-order valence-corrected chi connectivity index (χ1v) is 8.73. The number of methoxy groups -OCH3 is 3. The van der Waals surface area contributed by atoms with Gasteiger partial charge in [-0.2, -0.15) is 0 Å². The zero-order valence-corrected chi connectivity index (χ0v) is 17.0. The van der Waals surface area contributed by atoms with Crippen molar-refractivity contribution in [2.45, 2.75) is 12.8 Å². The number of rotatable bonds is 7. The summed E-state index contributed by atoms with van der Waals surface area (Å²) in [6.07, 6.45) is 1.48. The molecule has 1 unspecified atom stereocenters. The Morgan fingerprint density at radius 2 is 1.89 bits per heavy atom. The zero-order chi connectivity index (χ0) is 20.8. The van der Waals surface area contributed by atoms with E-state index < -0.39 is 11.9 Å². The van der Waals surface area contributed by atoms with Crippen LogP contribution in [0.15, 0.2) is 41.6 Å². The molecule has 0 aromatic heterocycles. The third kappa shape index (κ3) is 3.93. The summed E-state index contributed by atoms with van der Waals surface area (Å²) in [4.78, 5) is 13.1. The number of allylic oxidation sites excluding steroid dienone is 1. The fraction of sp³-hybridized carbons (Fsp3) is 0.300. The lowest BCUT2D eigenvalue weighted by molar-refractivity contribution is -0.138. The second-order valence-electron chi connectivity index (χ2n) is 5.81. The molecule has 2 N–H and O–H groups in total. The number of hydrogen-bond acceptors (Lipinski definition) is 7. The molecule has 2 rings (SSSR count). The number of esters is 1. The van der Waals surface area contributed by atoms with Crippen LogP contribution in [0.2, 0.25) is 0 Å². The molecule has 0 radical (unpaired) electrons. The second kappa shape index (κ2) is 9.21. The van der Waals surface area contributed by atoms with Gasteiger partial charge in [-0.3, -0.25) is 5.41 Å². The van der Waals surface area contributed by atoms with Crippen LogP contribution >= 0.6 is 12.2 Å². The Labute approximate surface area is 169 Å². The van der Waals surface area contributed by atoms with Crippen LogP contribution in [0.1, 0.15) is 18.4 Å². The summed E-state index contributed by atoms with van der Waals surface area (Å²) in [5.41, 5.74) is 1.81. The molecule has 1 aliphatic rings. The minimum Gasteiger partial charge on any atom is -0.493 e. The molecule has 1 heterocycles. The molecule has 0 aliphatic carbocycles. The van der Waals surface area contributed by atoms with E-state index in [1.54, 1.807) is 19.1 Å². The molecule has 28 heavy (non-hydrogen) atoms. The number of benzene rings is 1. The first kappa shape index (κ1) is 21.2. The van der Waals surface area contributed by atoms with Crippen LogP contribution in [0.5, 0.6) is 17.2 Å².